The summed E-state index contributed by atoms with van der Waals surface area (Å²) in [6.07, 6.45) is 0.00723. The fraction of sp³-hybridized carbons (Fsp3) is 0.714. The summed E-state index contributed by atoms with van der Waals surface area (Å²) in [6, 6.07) is 0. The van der Waals surface area contributed by atoms with Crippen molar-refractivity contribution in [3.8, 4) is 0 Å². The summed E-state index contributed by atoms with van der Waals surface area (Å²) in [5.41, 5.74) is 0. The van der Waals surface area contributed by atoms with Crippen molar-refractivity contribution in [2.75, 3.05) is 6.54 Å². The van der Waals surface area contributed by atoms with Crippen LogP contribution in [-0.4, -0.2) is 23.0 Å². The Balaban J connectivity index is 3.60. The Bertz CT molecular complexity index is 200. The maximum absolute atomic E-state index is 10.8. The molecule has 0 bridgehead atoms. The van der Waals surface area contributed by atoms with Crippen LogP contribution in [0.5, 0.6) is 0 Å². The Morgan fingerprint density at radius 3 is 2.33 bits per heavy atom. The van der Waals surface area contributed by atoms with Gasteiger partial charge in [-0.15, -0.1) is 0 Å². The highest BCUT2D eigenvalue weighted by Gasteiger charge is 2.10. The lowest BCUT2D eigenvalue weighted by Crippen LogP contribution is -2.11. The zero-order valence-corrected chi connectivity index (χ0v) is 6.91. The van der Waals surface area contributed by atoms with Crippen molar-refractivity contribution in [1.82, 2.24) is 0 Å². The summed E-state index contributed by atoms with van der Waals surface area (Å²) in [7, 11) is 0. The summed E-state index contributed by atoms with van der Waals surface area (Å²) < 4.78 is 0. The molecule has 0 unspecified atom stereocenters. The van der Waals surface area contributed by atoms with Crippen molar-refractivity contribution >= 4 is 11.6 Å². The van der Waals surface area contributed by atoms with Gasteiger partial charge in [-0.05, 0) is 0 Å². The molecule has 0 amide bonds. The predicted octanol–water partition coefficient (Wildman–Crippen LogP) is 0.591. The number of hydrogen-bond acceptors (Lipinski definition) is 4. The van der Waals surface area contributed by atoms with Gasteiger partial charge in [-0.2, -0.15) is 0 Å². The van der Waals surface area contributed by atoms with E-state index in [0.717, 1.165) is 0 Å². The number of Topliss-reactive ketones (excluding diaryl/α,β-unsaturated/α-hetero) is 2. The first kappa shape index (κ1) is 10.7. The first-order valence-electron chi connectivity index (χ1n) is 3.71. The molecule has 5 heteroatoms. The van der Waals surface area contributed by atoms with E-state index in [1.807, 2.05) is 0 Å². The maximum Gasteiger partial charge on any atom is 0.210 e. The highest BCUT2D eigenvalue weighted by atomic mass is 16.6. The molecule has 0 radical (unpaired) electrons. The van der Waals surface area contributed by atoms with Gasteiger partial charge in [0.15, 0.2) is 0 Å². The molecule has 0 aliphatic carbocycles. The van der Waals surface area contributed by atoms with E-state index in [0.29, 0.717) is 6.42 Å². The molecule has 5 nitrogen and oxygen atoms in total. The van der Waals surface area contributed by atoms with Crippen LogP contribution in [0.4, 0.5) is 0 Å². The SMILES string of the molecule is CCC(=O)CC(=O)CC[N+](=O)[O-]. The number of carbonyl (C=O) groups is 2. The highest BCUT2D eigenvalue weighted by molar-refractivity contribution is 5.98. The van der Waals surface area contributed by atoms with Crippen LogP contribution in [0.2, 0.25) is 0 Å². The van der Waals surface area contributed by atoms with E-state index in [2.05, 4.69) is 0 Å². The number of ketones is 2. The molecule has 0 aromatic heterocycles. The Labute approximate surface area is 69.9 Å². The summed E-state index contributed by atoms with van der Waals surface area (Å²) in [4.78, 5) is 30.7. The van der Waals surface area contributed by atoms with Crippen molar-refractivity contribution in [2.45, 2.75) is 26.2 Å². The molecule has 0 saturated carbocycles. The molecule has 0 aliphatic rings. The third-order valence-electron chi connectivity index (χ3n) is 1.36. The molecule has 0 heterocycles. The topological polar surface area (TPSA) is 77.3 Å². The first-order chi connectivity index (χ1) is 5.56. The van der Waals surface area contributed by atoms with Crippen LogP contribution >= 0.6 is 0 Å². The minimum absolute atomic E-state index is 0.140. The minimum Gasteiger partial charge on any atom is -0.299 e. The quantitative estimate of drug-likeness (QED) is 0.334. The second-order valence-corrected chi connectivity index (χ2v) is 2.41. The largest absolute Gasteiger partial charge is 0.299 e. The zero-order valence-electron chi connectivity index (χ0n) is 6.91. The van der Waals surface area contributed by atoms with Crippen LogP contribution in [0.1, 0.15) is 26.2 Å². The van der Waals surface area contributed by atoms with Crippen molar-refractivity contribution < 1.29 is 14.5 Å². The van der Waals surface area contributed by atoms with Gasteiger partial charge >= 0.3 is 0 Å². The summed E-state index contributed by atoms with van der Waals surface area (Å²) >= 11 is 0. The maximum atomic E-state index is 10.8. The summed E-state index contributed by atoms with van der Waals surface area (Å²) in [5, 5.41) is 9.83. The van der Waals surface area contributed by atoms with Crippen molar-refractivity contribution in [3.63, 3.8) is 0 Å². The molecule has 0 rings (SSSR count). The van der Waals surface area contributed by atoms with Gasteiger partial charge in [0.05, 0.1) is 12.8 Å². The van der Waals surface area contributed by atoms with E-state index in [1.54, 1.807) is 6.92 Å². The van der Waals surface area contributed by atoms with E-state index in [-0.39, 0.29) is 31.0 Å². The van der Waals surface area contributed by atoms with E-state index >= 15 is 0 Å². The standard InChI is InChI=1S/C7H11NO4/c1-2-6(9)5-7(10)3-4-8(11)12/h2-5H2,1H3. The molecule has 0 fully saturated rings. The second kappa shape index (κ2) is 5.40. The molecule has 0 atom stereocenters. The smallest absolute Gasteiger partial charge is 0.210 e. The lowest BCUT2D eigenvalue weighted by Gasteiger charge is -1.94. The molecule has 0 saturated heterocycles. The van der Waals surface area contributed by atoms with E-state index in [9.17, 15) is 19.7 Å². The van der Waals surface area contributed by atoms with Crippen LogP contribution in [0, 0.1) is 10.1 Å². The fourth-order valence-corrected chi connectivity index (χ4v) is 0.649. The molecular weight excluding hydrogens is 162 g/mol. The number of hydrogen-bond donors (Lipinski definition) is 0. The lowest BCUT2D eigenvalue weighted by molar-refractivity contribution is -0.478. The number of nitrogens with zero attached hydrogens (tertiary/aromatic N) is 1. The molecule has 12 heavy (non-hydrogen) atoms. The second-order valence-electron chi connectivity index (χ2n) is 2.41. The average molecular weight is 173 g/mol. The van der Waals surface area contributed by atoms with Gasteiger partial charge in [0, 0.05) is 11.3 Å². The molecule has 68 valence electrons. The number of carbonyl (C=O) groups excluding carboxylic acids is 2. The molecule has 0 N–H and O–H groups in total. The van der Waals surface area contributed by atoms with Gasteiger partial charge in [0.1, 0.15) is 11.6 Å². The van der Waals surface area contributed by atoms with Crippen LogP contribution in [0.15, 0.2) is 0 Å². The van der Waals surface area contributed by atoms with Crippen molar-refractivity contribution in [2.24, 2.45) is 0 Å². The fourth-order valence-electron chi connectivity index (χ4n) is 0.649. The van der Waals surface area contributed by atoms with Gasteiger partial charge in [-0.1, -0.05) is 6.92 Å². The third kappa shape index (κ3) is 5.52. The van der Waals surface area contributed by atoms with Gasteiger partial charge in [0.25, 0.3) is 0 Å². The summed E-state index contributed by atoms with van der Waals surface area (Å²) in [5.74, 6) is -0.512. The van der Waals surface area contributed by atoms with Crippen molar-refractivity contribution in [1.29, 1.82) is 0 Å². The monoisotopic (exact) mass is 173 g/mol. The van der Waals surface area contributed by atoms with Crippen LogP contribution in [-0.2, 0) is 9.59 Å². The Morgan fingerprint density at radius 1 is 1.33 bits per heavy atom. The van der Waals surface area contributed by atoms with Gasteiger partial charge in [-0.3, -0.25) is 19.7 Å². The third-order valence-corrected chi connectivity index (χ3v) is 1.36. The predicted molar refractivity (Wildman–Crippen MR) is 41.4 cm³/mol. The molecular formula is C7H11NO4. The van der Waals surface area contributed by atoms with E-state index in [4.69, 9.17) is 0 Å². The van der Waals surface area contributed by atoms with Gasteiger partial charge < -0.3 is 0 Å². The minimum atomic E-state index is -0.561. The van der Waals surface area contributed by atoms with Gasteiger partial charge in [-0.25, -0.2) is 0 Å². The highest BCUT2D eigenvalue weighted by Crippen LogP contribution is 1.94. The lowest BCUT2D eigenvalue weighted by atomic mass is 10.1. The van der Waals surface area contributed by atoms with Crippen molar-refractivity contribution in [3.05, 3.63) is 10.1 Å². The Hall–Kier alpha value is -1.26. The molecule has 0 aromatic rings. The average Bonchev–Trinajstić information content (AvgIpc) is 2.00. The van der Waals surface area contributed by atoms with Crippen LogP contribution in [0.25, 0.3) is 0 Å². The van der Waals surface area contributed by atoms with E-state index in [1.165, 1.54) is 0 Å². The van der Waals surface area contributed by atoms with E-state index < -0.39 is 4.92 Å². The molecule has 0 spiro atoms. The first-order valence-corrected chi connectivity index (χ1v) is 3.71. The number of rotatable bonds is 6. The summed E-state index contributed by atoms with van der Waals surface area (Å²) in [6.45, 7) is 1.28. The Kier molecular flexibility index (Phi) is 4.83. The Morgan fingerprint density at radius 2 is 1.92 bits per heavy atom. The normalized spacial score (nSPS) is 9.42. The van der Waals surface area contributed by atoms with Crippen LogP contribution in [0.3, 0.4) is 0 Å². The molecule has 0 aromatic carbocycles. The molecule has 0 aliphatic heterocycles. The van der Waals surface area contributed by atoms with Gasteiger partial charge in [0.2, 0.25) is 6.54 Å². The zero-order chi connectivity index (χ0) is 9.56. The number of nitro groups is 1. The van der Waals surface area contributed by atoms with Crippen LogP contribution < -0.4 is 0 Å².